The van der Waals surface area contributed by atoms with Crippen molar-refractivity contribution in [2.75, 3.05) is 0 Å². The van der Waals surface area contributed by atoms with E-state index in [0.29, 0.717) is 11.7 Å². The number of nitrogens with two attached hydrogens (primary N) is 1. The van der Waals surface area contributed by atoms with E-state index in [2.05, 4.69) is 24.0 Å². The zero-order valence-corrected chi connectivity index (χ0v) is 12.8. The molecular weight excluding hydrogens is 288 g/mol. The molecule has 1 saturated carbocycles. The van der Waals surface area contributed by atoms with E-state index >= 15 is 0 Å². The molecule has 112 valence electrons. The Kier molecular flexibility index (Phi) is 3.33. The van der Waals surface area contributed by atoms with Crippen LogP contribution in [0.5, 0.6) is 0 Å². The Balaban J connectivity index is 2.08. The molecular formula is C14H18N4O2S. The van der Waals surface area contributed by atoms with E-state index in [1.807, 2.05) is 24.3 Å². The Hall–Kier alpha value is -1.73. The van der Waals surface area contributed by atoms with Gasteiger partial charge in [0.25, 0.3) is 15.2 Å². The van der Waals surface area contributed by atoms with Crippen LogP contribution in [0.2, 0.25) is 0 Å². The number of hydrogen-bond donors (Lipinski definition) is 1. The van der Waals surface area contributed by atoms with Crippen LogP contribution in [0.25, 0.3) is 11.4 Å². The van der Waals surface area contributed by atoms with Gasteiger partial charge < -0.3 is 0 Å². The molecule has 0 atom stereocenters. The number of aromatic nitrogens is 3. The van der Waals surface area contributed by atoms with Crippen molar-refractivity contribution in [2.45, 2.75) is 43.8 Å². The van der Waals surface area contributed by atoms with Gasteiger partial charge in [-0.2, -0.15) is 0 Å². The Morgan fingerprint density at radius 1 is 1.19 bits per heavy atom. The Labute approximate surface area is 124 Å². The molecule has 0 bridgehead atoms. The van der Waals surface area contributed by atoms with Crippen LogP contribution in [0, 0.1) is 0 Å². The monoisotopic (exact) mass is 306 g/mol. The summed E-state index contributed by atoms with van der Waals surface area (Å²) >= 11 is 0. The molecule has 6 nitrogen and oxygen atoms in total. The van der Waals surface area contributed by atoms with Crippen molar-refractivity contribution in [3.8, 4) is 11.4 Å². The van der Waals surface area contributed by atoms with E-state index in [-0.39, 0.29) is 11.2 Å². The molecule has 21 heavy (non-hydrogen) atoms. The Morgan fingerprint density at radius 3 is 2.29 bits per heavy atom. The molecule has 1 aliphatic carbocycles. The van der Waals surface area contributed by atoms with E-state index in [4.69, 9.17) is 5.14 Å². The summed E-state index contributed by atoms with van der Waals surface area (Å²) in [6.45, 7) is 4.25. The van der Waals surface area contributed by atoms with E-state index in [1.165, 1.54) is 5.56 Å². The molecule has 0 saturated heterocycles. The lowest BCUT2D eigenvalue weighted by molar-refractivity contribution is 0.567. The Bertz CT molecular complexity index is 759. The molecule has 1 heterocycles. The first kappa shape index (κ1) is 14.2. The van der Waals surface area contributed by atoms with Crippen LogP contribution in [-0.2, 0) is 10.0 Å². The van der Waals surface area contributed by atoms with Gasteiger partial charge in [0.1, 0.15) is 0 Å². The minimum absolute atomic E-state index is 0.133. The van der Waals surface area contributed by atoms with E-state index < -0.39 is 10.0 Å². The molecule has 1 aliphatic rings. The van der Waals surface area contributed by atoms with Crippen LogP contribution in [0.3, 0.4) is 0 Å². The molecule has 1 aromatic heterocycles. The third-order valence-corrected chi connectivity index (χ3v) is 4.45. The van der Waals surface area contributed by atoms with Gasteiger partial charge in [-0.3, -0.25) is 4.57 Å². The lowest BCUT2D eigenvalue weighted by Crippen LogP contribution is -2.18. The van der Waals surface area contributed by atoms with Gasteiger partial charge in [-0.05, 0) is 24.3 Å². The van der Waals surface area contributed by atoms with Gasteiger partial charge in [-0.15, -0.1) is 10.2 Å². The molecule has 2 aromatic rings. The second kappa shape index (κ2) is 4.92. The number of primary sulfonamides is 1. The standard InChI is InChI=1S/C14H18N4O2S/c1-9(2)10-3-5-11(6-4-10)13-16-17-14(21(15,19)20)18(13)12-7-8-12/h3-6,9,12H,7-8H2,1-2H3,(H2,15,19,20). The highest BCUT2D eigenvalue weighted by molar-refractivity contribution is 7.89. The van der Waals surface area contributed by atoms with Gasteiger partial charge in [0.15, 0.2) is 5.82 Å². The summed E-state index contributed by atoms with van der Waals surface area (Å²) in [5.41, 5.74) is 2.08. The minimum Gasteiger partial charge on any atom is -0.294 e. The van der Waals surface area contributed by atoms with Crippen LogP contribution < -0.4 is 5.14 Å². The van der Waals surface area contributed by atoms with Crippen molar-refractivity contribution in [3.05, 3.63) is 29.8 Å². The maximum absolute atomic E-state index is 11.6. The van der Waals surface area contributed by atoms with Crippen LogP contribution in [-0.4, -0.2) is 23.2 Å². The van der Waals surface area contributed by atoms with Crippen molar-refractivity contribution in [3.63, 3.8) is 0 Å². The van der Waals surface area contributed by atoms with E-state index in [0.717, 1.165) is 18.4 Å². The number of benzene rings is 1. The van der Waals surface area contributed by atoms with Gasteiger partial charge >= 0.3 is 0 Å². The van der Waals surface area contributed by atoms with Crippen molar-refractivity contribution >= 4 is 10.0 Å². The fraction of sp³-hybridized carbons (Fsp3) is 0.429. The number of sulfonamides is 1. The molecule has 0 amide bonds. The third-order valence-electron chi connectivity index (χ3n) is 3.67. The molecule has 7 heteroatoms. The van der Waals surface area contributed by atoms with Crippen molar-refractivity contribution in [2.24, 2.45) is 5.14 Å². The van der Waals surface area contributed by atoms with Crippen molar-refractivity contribution in [1.82, 2.24) is 14.8 Å². The van der Waals surface area contributed by atoms with Crippen molar-refractivity contribution in [1.29, 1.82) is 0 Å². The lowest BCUT2D eigenvalue weighted by atomic mass is 10.0. The van der Waals surface area contributed by atoms with Crippen LogP contribution in [0.4, 0.5) is 0 Å². The van der Waals surface area contributed by atoms with E-state index in [9.17, 15) is 8.42 Å². The van der Waals surface area contributed by atoms with Crippen LogP contribution >= 0.6 is 0 Å². The van der Waals surface area contributed by atoms with Crippen LogP contribution in [0.15, 0.2) is 29.4 Å². The summed E-state index contributed by atoms with van der Waals surface area (Å²) < 4.78 is 24.9. The summed E-state index contributed by atoms with van der Waals surface area (Å²) in [5, 5.41) is 12.9. The summed E-state index contributed by atoms with van der Waals surface area (Å²) in [7, 11) is -3.86. The second-order valence-corrected chi connectivity index (χ2v) is 7.18. The molecule has 0 unspecified atom stereocenters. The molecule has 1 aromatic carbocycles. The Morgan fingerprint density at radius 2 is 1.81 bits per heavy atom. The largest absolute Gasteiger partial charge is 0.294 e. The first-order valence-electron chi connectivity index (χ1n) is 6.96. The predicted molar refractivity (Wildman–Crippen MR) is 79.2 cm³/mol. The van der Waals surface area contributed by atoms with Crippen LogP contribution in [0.1, 0.15) is 44.2 Å². The SMILES string of the molecule is CC(C)c1ccc(-c2nnc(S(N)(=O)=O)n2C2CC2)cc1. The predicted octanol–water partition coefficient (Wildman–Crippen LogP) is 2.05. The fourth-order valence-corrected chi connectivity index (χ4v) is 3.01. The first-order chi connectivity index (χ1) is 9.88. The molecule has 3 rings (SSSR count). The molecule has 0 radical (unpaired) electrons. The summed E-state index contributed by atoms with van der Waals surface area (Å²) in [6, 6.07) is 8.09. The highest BCUT2D eigenvalue weighted by Gasteiger charge is 2.33. The van der Waals surface area contributed by atoms with E-state index in [1.54, 1.807) is 4.57 Å². The van der Waals surface area contributed by atoms with Gasteiger partial charge in [-0.1, -0.05) is 38.1 Å². The maximum atomic E-state index is 11.6. The molecule has 0 spiro atoms. The fourth-order valence-electron chi connectivity index (χ4n) is 2.35. The summed E-state index contributed by atoms with van der Waals surface area (Å²) in [4.78, 5) is 0. The average Bonchev–Trinajstić information content (AvgIpc) is 3.15. The highest BCUT2D eigenvalue weighted by atomic mass is 32.2. The molecule has 0 aliphatic heterocycles. The zero-order chi connectivity index (χ0) is 15.2. The maximum Gasteiger partial charge on any atom is 0.273 e. The molecule has 1 fully saturated rings. The highest BCUT2D eigenvalue weighted by Crippen LogP contribution is 2.39. The van der Waals surface area contributed by atoms with Gasteiger partial charge in [0, 0.05) is 11.6 Å². The third kappa shape index (κ3) is 2.71. The number of rotatable bonds is 4. The van der Waals surface area contributed by atoms with Gasteiger partial charge in [-0.25, -0.2) is 13.6 Å². The van der Waals surface area contributed by atoms with Gasteiger partial charge in [0.05, 0.1) is 0 Å². The zero-order valence-electron chi connectivity index (χ0n) is 12.0. The second-order valence-electron chi connectivity index (χ2n) is 5.73. The summed E-state index contributed by atoms with van der Waals surface area (Å²) in [5.74, 6) is 1.01. The minimum atomic E-state index is -3.86. The topological polar surface area (TPSA) is 90.9 Å². The quantitative estimate of drug-likeness (QED) is 0.936. The number of nitrogens with zero attached hydrogens (tertiary/aromatic N) is 3. The smallest absolute Gasteiger partial charge is 0.273 e. The first-order valence-corrected chi connectivity index (χ1v) is 8.50. The molecule has 2 N–H and O–H groups in total. The summed E-state index contributed by atoms with van der Waals surface area (Å²) in [6.07, 6.45) is 1.86. The van der Waals surface area contributed by atoms with Gasteiger partial charge in [0.2, 0.25) is 0 Å². The average molecular weight is 306 g/mol. The van der Waals surface area contributed by atoms with Crippen molar-refractivity contribution < 1.29 is 8.42 Å². The number of hydrogen-bond acceptors (Lipinski definition) is 4. The normalized spacial score (nSPS) is 15.6. The lowest BCUT2D eigenvalue weighted by Gasteiger charge is -2.09.